The lowest BCUT2D eigenvalue weighted by Gasteiger charge is -2.23. The van der Waals surface area contributed by atoms with Gasteiger partial charge < -0.3 is 19.5 Å². The molecule has 0 heterocycles. The van der Waals surface area contributed by atoms with Crippen LogP contribution in [0.1, 0.15) is 24.0 Å². The van der Waals surface area contributed by atoms with Crippen LogP contribution in [0, 0.1) is 0 Å². The Labute approximate surface area is 194 Å². The quantitative estimate of drug-likeness (QED) is 0.415. The third-order valence-corrected chi connectivity index (χ3v) is 4.44. The van der Waals surface area contributed by atoms with Gasteiger partial charge in [-0.25, -0.2) is 0 Å². The molecule has 33 heavy (non-hydrogen) atoms. The first-order valence-corrected chi connectivity index (χ1v) is 9.94. The molecule has 0 aliphatic rings. The molecule has 0 saturated carbocycles. The van der Waals surface area contributed by atoms with Crippen LogP contribution in [0.25, 0.3) is 0 Å². The van der Waals surface area contributed by atoms with Crippen molar-refractivity contribution in [2.75, 3.05) is 18.7 Å². The van der Waals surface area contributed by atoms with E-state index in [2.05, 4.69) is 5.32 Å². The molecule has 2 amide bonds. The summed E-state index contributed by atoms with van der Waals surface area (Å²) in [5.74, 6) is -1.84. The minimum Gasteiger partial charge on any atom is -0.473 e. The fourth-order valence-electron chi connectivity index (χ4n) is 2.67. The van der Waals surface area contributed by atoms with Crippen LogP contribution >= 0.6 is 0 Å². The van der Waals surface area contributed by atoms with Crippen molar-refractivity contribution in [1.29, 1.82) is 0 Å². The molecular weight excluding hydrogens is 426 g/mol. The summed E-state index contributed by atoms with van der Waals surface area (Å²) in [6, 6.07) is 13.4. The third kappa shape index (κ3) is 9.10. The van der Waals surface area contributed by atoms with Crippen molar-refractivity contribution >= 4 is 44.9 Å². The van der Waals surface area contributed by atoms with E-state index in [0.29, 0.717) is 22.6 Å². The van der Waals surface area contributed by atoms with Crippen molar-refractivity contribution in [3.05, 3.63) is 59.7 Å². The molecule has 11 heteroatoms. The molecule has 0 aliphatic heterocycles. The van der Waals surface area contributed by atoms with Gasteiger partial charge in [0, 0.05) is 25.6 Å². The lowest BCUT2D eigenvalue weighted by atomic mass is 10.1. The van der Waals surface area contributed by atoms with Crippen LogP contribution in [0.4, 0.5) is 15.3 Å². The second-order valence-electron chi connectivity index (χ2n) is 6.79. The van der Waals surface area contributed by atoms with Crippen LogP contribution < -0.4 is 15.0 Å². The van der Waals surface area contributed by atoms with Gasteiger partial charge in [-0.15, -0.1) is 0 Å². The van der Waals surface area contributed by atoms with Crippen LogP contribution in [-0.4, -0.2) is 53.0 Å². The lowest BCUT2D eigenvalue weighted by molar-refractivity contribution is -0.125. The number of nitrogens with one attached hydrogen (secondary N) is 1. The van der Waals surface area contributed by atoms with Crippen molar-refractivity contribution in [3.8, 4) is 5.75 Å². The molecule has 2 aromatic carbocycles. The molecule has 0 bridgehead atoms. The summed E-state index contributed by atoms with van der Waals surface area (Å²) in [6.45, 7) is -0.0745. The number of nitrogens with zero attached hydrogens (tertiary/aromatic N) is 1. The minimum absolute atomic E-state index is 0.00253. The lowest BCUT2D eigenvalue weighted by Crippen LogP contribution is -2.35. The summed E-state index contributed by atoms with van der Waals surface area (Å²) in [4.78, 5) is 47.2. The molecule has 0 spiro atoms. The Morgan fingerprint density at radius 2 is 1.33 bits per heavy atom. The van der Waals surface area contributed by atoms with Crippen molar-refractivity contribution < 1.29 is 33.4 Å². The zero-order valence-electron chi connectivity index (χ0n) is 18.1. The highest BCUT2D eigenvalue weighted by molar-refractivity contribution is 6.55. The molecule has 2 rings (SSSR count). The third-order valence-electron chi connectivity index (χ3n) is 4.44. The standard InChI is InChI=1S/C22H22B2N2O7/c1-25-19(27)10-11-20(28)26(17-6-2-15(3-7-17)12-31-21(23)29)14-33-18-8-4-16(5-9-18)13-32-22(24)30/h2-9H,10-14H2,1H3,(H,25,27). The predicted octanol–water partition coefficient (Wildman–Crippen LogP) is 2.19. The highest BCUT2D eigenvalue weighted by atomic mass is 16.5. The number of hydrogen-bond acceptors (Lipinski definition) is 7. The van der Waals surface area contributed by atoms with Crippen molar-refractivity contribution in [2.45, 2.75) is 26.1 Å². The number of carbonyl (C=O) groups excluding carboxylic acids is 4. The van der Waals surface area contributed by atoms with Gasteiger partial charge in [0.25, 0.3) is 0 Å². The van der Waals surface area contributed by atoms with Gasteiger partial charge in [0.05, 0.1) is 0 Å². The number of benzene rings is 2. The SMILES string of the molecule is [B]C(=O)OCc1ccc(OCN(C(=O)CCC(=O)NC)c2ccc(COC([B])=O)cc2)cc1. The second kappa shape index (κ2) is 12.9. The Morgan fingerprint density at radius 3 is 1.82 bits per heavy atom. The summed E-state index contributed by atoms with van der Waals surface area (Å²) in [7, 11) is 11.4. The van der Waals surface area contributed by atoms with E-state index >= 15 is 0 Å². The Morgan fingerprint density at radius 1 is 0.818 bits per heavy atom. The zero-order chi connectivity index (χ0) is 24.2. The summed E-state index contributed by atoms with van der Waals surface area (Å²) in [5.41, 5.74) is 1.93. The molecular formula is C22H22B2N2O7. The van der Waals surface area contributed by atoms with Gasteiger partial charge >= 0.3 is 0 Å². The fraction of sp³-hybridized carbons (Fsp3) is 0.273. The van der Waals surface area contributed by atoms with E-state index in [1.54, 1.807) is 48.5 Å². The van der Waals surface area contributed by atoms with Crippen molar-refractivity contribution in [1.82, 2.24) is 5.32 Å². The number of amides is 2. The van der Waals surface area contributed by atoms with E-state index < -0.39 is 11.7 Å². The van der Waals surface area contributed by atoms with Gasteiger partial charge in [-0.05, 0) is 35.4 Å². The Kier molecular flexibility index (Phi) is 10.0. The number of hydrogen-bond donors (Lipinski definition) is 1. The van der Waals surface area contributed by atoms with Crippen molar-refractivity contribution in [3.63, 3.8) is 0 Å². The monoisotopic (exact) mass is 448 g/mol. The average Bonchev–Trinajstić information content (AvgIpc) is 2.81. The largest absolute Gasteiger partial charge is 0.473 e. The molecule has 0 atom stereocenters. The summed E-state index contributed by atoms with van der Waals surface area (Å²) >= 11 is 0. The Hall–Kier alpha value is -3.75. The molecule has 9 nitrogen and oxygen atoms in total. The zero-order valence-corrected chi connectivity index (χ0v) is 18.1. The van der Waals surface area contributed by atoms with Crippen LogP contribution in [-0.2, 0) is 32.3 Å². The number of carbonyl (C=O) groups is 4. The van der Waals surface area contributed by atoms with Gasteiger partial charge in [-0.2, -0.15) is 0 Å². The molecule has 0 aromatic heterocycles. The van der Waals surface area contributed by atoms with Crippen molar-refractivity contribution in [2.24, 2.45) is 0 Å². The van der Waals surface area contributed by atoms with E-state index in [1.807, 2.05) is 0 Å². The topological polar surface area (TPSA) is 111 Å². The Bertz CT molecular complexity index is 966. The second-order valence-corrected chi connectivity index (χ2v) is 6.79. The van der Waals surface area contributed by atoms with Gasteiger partial charge in [-0.3, -0.25) is 24.1 Å². The molecule has 0 unspecified atom stereocenters. The van der Waals surface area contributed by atoms with Crippen LogP contribution in [0.3, 0.4) is 0 Å². The number of ether oxygens (including phenoxy) is 3. The van der Waals surface area contributed by atoms with Gasteiger partial charge in [0.2, 0.25) is 39.2 Å². The molecule has 0 aliphatic carbocycles. The molecule has 2 aromatic rings. The number of anilines is 1. The maximum atomic E-state index is 12.8. The summed E-state index contributed by atoms with van der Waals surface area (Å²) in [5, 5.41) is 2.48. The number of rotatable bonds is 11. The molecule has 168 valence electrons. The van der Waals surface area contributed by atoms with E-state index in [-0.39, 0.29) is 44.6 Å². The van der Waals surface area contributed by atoms with E-state index in [1.165, 1.54) is 11.9 Å². The van der Waals surface area contributed by atoms with Crippen LogP contribution in [0.5, 0.6) is 5.75 Å². The van der Waals surface area contributed by atoms with Crippen LogP contribution in [0.2, 0.25) is 0 Å². The maximum Gasteiger partial charge on any atom is 0.236 e. The van der Waals surface area contributed by atoms with E-state index in [4.69, 9.17) is 29.9 Å². The predicted molar refractivity (Wildman–Crippen MR) is 121 cm³/mol. The Balaban J connectivity index is 2.08. The van der Waals surface area contributed by atoms with Gasteiger partial charge in [0.1, 0.15) is 19.0 Å². The fourth-order valence-corrected chi connectivity index (χ4v) is 2.67. The normalized spacial score (nSPS) is 10.1. The average molecular weight is 448 g/mol. The summed E-state index contributed by atoms with van der Waals surface area (Å²) in [6.07, 6.45) is 0.0178. The van der Waals surface area contributed by atoms with Crippen LogP contribution in [0.15, 0.2) is 48.5 Å². The maximum absolute atomic E-state index is 12.8. The molecule has 4 radical (unpaired) electrons. The minimum atomic E-state index is -0.884. The van der Waals surface area contributed by atoms with Gasteiger partial charge in [-0.1, -0.05) is 24.3 Å². The molecule has 0 fully saturated rings. The highest BCUT2D eigenvalue weighted by Crippen LogP contribution is 2.20. The summed E-state index contributed by atoms with van der Waals surface area (Å²) < 4.78 is 15.2. The first-order valence-electron chi connectivity index (χ1n) is 9.94. The smallest absolute Gasteiger partial charge is 0.236 e. The first-order chi connectivity index (χ1) is 15.8. The van der Waals surface area contributed by atoms with Gasteiger partial charge in [0.15, 0.2) is 6.73 Å². The molecule has 0 saturated heterocycles. The van der Waals surface area contributed by atoms with E-state index in [9.17, 15) is 19.2 Å². The first kappa shape index (κ1) is 25.5. The highest BCUT2D eigenvalue weighted by Gasteiger charge is 2.18. The molecule has 1 N–H and O–H groups in total. The van der Waals surface area contributed by atoms with E-state index in [0.717, 1.165) is 0 Å².